The molecule has 0 amide bonds. The average molecular weight is 128 g/mol. The Morgan fingerprint density at radius 3 is 2.78 bits per heavy atom. The summed E-state index contributed by atoms with van der Waals surface area (Å²) < 4.78 is 4.36. The van der Waals surface area contributed by atoms with Crippen molar-refractivity contribution >= 4 is 5.97 Å². The summed E-state index contributed by atoms with van der Waals surface area (Å²) in [6.07, 6.45) is 1.65. The van der Waals surface area contributed by atoms with Gasteiger partial charge in [0.05, 0.1) is 18.8 Å². The van der Waals surface area contributed by atoms with E-state index in [1.807, 2.05) is 0 Å². The molecular formula is C6H8O3. The molecule has 0 saturated heterocycles. The van der Waals surface area contributed by atoms with Gasteiger partial charge in [-0.25, -0.2) is 4.79 Å². The van der Waals surface area contributed by atoms with Gasteiger partial charge in [0, 0.05) is 0 Å². The van der Waals surface area contributed by atoms with Gasteiger partial charge in [0.1, 0.15) is 0 Å². The number of hydrogen-bond donors (Lipinski definition) is 1. The highest BCUT2D eigenvalue weighted by atomic mass is 16.5. The SMILES string of the molecule is COC(=O)C1=CCC1O. The third-order valence-corrected chi connectivity index (χ3v) is 1.34. The lowest BCUT2D eigenvalue weighted by atomic mass is 9.95. The average Bonchev–Trinajstić information content (AvgIpc) is 1.84. The summed E-state index contributed by atoms with van der Waals surface area (Å²) in [6, 6.07) is 0. The summed E-state index contributed by atoms with van der Waals surface area (Å²) in [4.78, 5) is 10.6. The van der Waals surface area contributed by atoms with Gasteiger partial charge in [-0.15, -0.1) is 0 Å². The van der Waals surface area contributed by atoms with Gasteiger partial charge in [0.2, 0.25) is 0 Å². The van der Waals surface area contributed by atoms with Gasteiger partial charge in [0.25, 0.3) is 0 Å². The molecule has 50 valence electrons. The lowest BCUT2D eigenvalue weighted by Crippen LogP contribution is -2.25. The van der Waals surface area contributed by atoms with Gasteiger partial charge in [-0.1, -0.05) is 6.08 Å². The quantitative estimate of drug-likeness (QED) is 0.499. The van der Waals surface area contributed by atoms with Crippen LogP contribution in [0.25, 0.3) is 0 Å². The lowest BCUT2D eigenvalue weighted by Gasteiger charge is -2.18. The highest BCUT2D eigenvalue weighted by Gasteiger charge is 2.25. The number of ether oxygens (including phenoxy) is 1. The lowest BCUT2D eigenvalue weighted by molar-refractivity contribution is -0.137. The Balaban J connectivity index is 2.54. The first-order valence-corrected chi connectivity index (χ1v) is 2.72. The van der Waals surface area contributed by atoms with Crippen LogP contribution in [0.5, 0.6) is 0 Å². The molecule has 0 radical (unpaired) electrons. The van der Waals surface area contributed by atoms with E-state index in [0.717, 1.165) is 0 Å². The van der Waals surface area contributed by atoms with Gasteiger partial charge in [-0.05, 0) is 6.42 Å². The topological polar surface area (TPSA) is 46.5 Å². The van der Waals surface area contributed by atoms with Gasteiger partial charge in [0.15, 0.2) is 0 Å². The number of carbonyl (C=O) groups excluding carboxylic acids is 1. The van der Waals surface area contributed by atoms with Crippen molar-refractivity contribution in [3.63, 3.8) is 0 Å². The number of hydrogen-bond acceptors (Lipinski definition) is 3. The fourth-order valence-corrected chi connectivity index (χ4v) is 0.678. The van der Waals surface area contributed by atoms with Crippen LogP contribution in [0.3, 0.4) is 0 Å². The van der Waals surface area contributed by atoms with Crippen LogP contribution in [0, 0.1) is 0 Å². The van der Waals surface area contributed by atoms with Crippen LogP contribution in [0.2, 0.25) is 0 Å². The third kappa shape index (κ3) is 0.954. The van der Waals surface area contributed by atoms with Crippen molar-refractivity contribution in [2.75, 3.05) is 7.11 Å². The zero-order chi connectivity index (χ0) is 6.85. The Morgan fingerprint density at radius 2 is 2.67 bits per heavy atom. The maximum absolute atomic E-state index is 10.6. The van der Waals surface area contributed by atoms with Crippen LogP contribution in [-0.2, 0) is 9.53 Å². The largest absolute Gasteiger partial charge is 0.466 e. The molecule has 0 heterocycles. The zero-order valence-electron chi connectivity index (χ0n) is 5.13. The number of aliphatic hydroxyl groups excluding tert-OH is 1. The van der Waals surface area contributed by atoms with Crippen molar-refractivity contribution in [3.8, 4) is 0 Å². The minimum Gasteiger partial charge on any atom is -0.466 e. The van der Waals surface area contributed by atoms with Crippen molar-refractivity contribution < 1.29 is 14.6 Å². The number of rotatable bonds is 1. The fraction of sp³-hybridized carbons (Fsp3) is 0.500. The molecule has 0 fully saturated rings. The van der Waals surface area contributed by atoms with Crippen molar-refractivity contribution in [1.82, 2.24) is 0 Å². The van der Waals surface area contributed by atoms with Crippen LogP contribution in [-0.4, -0.2) is 24.3 Å². The molecule has 0 aliphatic heterocycles. The molecule has 0 saturated carbocycles. The van der Waals surface area contributed by atoms with Crippen LogP contribution < -0.4 is 0 Å². The minimum absolute atomic E-state index is 0.387. The Bertz CT molecular complexity index is 160. The molecule has 0 aromatic carbocycles. The Hall–Kier alpha value is -0.830. The molecule has 0 bridgehead atoms. The Kier molecular flexibility index (Phi) is 1.53. The van der Waals surface area contributed by atoms with Gasteiger partial charge in [-0.3, -0.25) is 0 Å². The summed E-state index contributed by atoms with van der Waals surface area (Å²) in [5.41, 5.74) is 0.387. The van der Waals surface area contributed by atoms with E-state index >= 15 is 0 Å². The highest BCUT2D eigenvalue weighted by molar-refractivity contribution is 5.91. The molecule has 0 spiro atoms. The smallest absolute Gasteiger partial charge is 0.336 e. The van der Waals surface area contributed by atoms with Crippen LogP contribution in [0.4, 0.5) is 0 Å². The molecule has 0 aromatic heterocycles. The van der Waals surface area contributed by atoms with Crippen LogP contribution >= 0.6 is 0 Å². The summed E-state index contributed by atoms with van der Waals surface area (Å²) in [5, 5.41) is 8.84. The van der Waals surface area contributed by atoms with E-state index in [-0.39, 0.29) is 0 Å². The normalized spacial score (nSPS) is 24.2. The molecule has 0 aromatic rings. The molecule has 1 aliphatic carbocycles. The van der Waals surface area contributed by atoms with Crippen LogP contribution in [0.15, 0.2) is 11.6 Å². The number of carbonyl (C=O) groups is 1. The third-order valence-electron chi connectivity index (χ3n) is 1.34. The standard InChI is InChI=1S/C6H8O3/c1-9-6(8)4-2-3-5(4)7/h2,5,7H,3H2,1H3. The molecule has 3 heteroatoms. The number of methoxy groups -OCH3 is 1. The second-order valence-corrected chi connectivity index (χ2v) is 1.90. The first-order valence-electron chi connectivity index (χ1n) is 2.72. The number of esters is 1. The van der Waals surface area contributed by atoms with Crippen molar-refractivity contribution in [1.29, 1.82) is 0 Å². The minimum atomic E-state index is -0.586. The molecule has 1 atom stereocenters. The monoisotopic (exact) mass is 128 g/mol. The second kappa shape index (κ2) is 2.19. The first kappa shape index (κ1) is 6.29. The first-order chi connectivity index (χ1) is 4.25. The van der Waals surface area contributed by atoms with Gasteiger partial charge in [-0.2, -0.15) is 0 Å². The predicted octanol–water partition coefficient (Wildman–Crippen LogP) is -0.150. The summed E-state index contributed by atoms with van der Waals surface area (Å²) in [6.45, 7) is 0. The van der Waals surface area contributed by atoms with Crippen molar-refractivity contribution in [2.45, 2.75) is 12.5 Å². The van der Waals surface area contributed by atoms with Gasteiger partial charge < -0.3 is 9.84 Å². The van der Waals surface area contributed by atoms with E-state index in [1.165, 1.54) is 7.11 Å². The molecule has 1 unspecified atom stereocenters. The fourth-order valence-electron chi connectivity index (χ4n) is 0.678. The zero-order valence-corrected chi connectivity index (χ0v) is 5.13. The molecule has 1 aliphatic rings. The predicted molar refractivity (Wildman–Crippen MR) is 30.7 cm³/mol. The maximum Gasteiger partial charge on any atom is 0.336 e. The van der Waals surface area contributed by atoms with E-state index in [0.29, 0.717) is 12.0 Å². The van der Waals surface area contributed by atoms with E-state index in [9.17, 15) is 4.79 Å². The van der Waals surface area contributed by atoms with Crippen molar-refractivity contribution in [3.05, 3.63) is 11.6 Å². The van der Waals surface area contributed by atoms with Gasteiger partial charge >= 0.3 is 5.97 Å². The van der Waals surface area contributed by atoms with Crippen molar-refractivity contribution in [2.24, 2.45) is 0 Å². The van der Waals surface area contributed by atoms with Crippen LogP contribution in [0.1, 0.15) is 6.42 Å². The summed E-state index contributed by atoms with van der Waals surface area (Å²) >= 11 is 0. The molecule has 9 heavy (non-hydrogen) atoms. The summed E-state index contributed by atoms with van der Waals surface area (Å²) in [5.74, 6) is -0.422. The molecular weight excluding hydrogens is 120 g/mol. The maximum atomic E-state index is 10.6. The number of aliphatic hydroxyl groups is 1. The second-order valence-electron chi connectivity index (χ2n) is 1.90. The van der Waals surface area contributed by atoms with E-state index < -0.39 is 12.1 Å². The van der Waals surface area contributed by atoms with E-state index in [1.54, 1.807) is 6.08 Å². The van der Waals surface area contributed by atoms with E-state index in [4.69, 9.17) is 5.11 Å². The molecule has 1 rings (SSSR count). The Morgan fingerprint density at radius 1 is 2.00 bits per heavy atom. The highest BCUT2D eigenvalue weighted by Crippen LogP contribution is 2.19. The summed E-state index contributed by atoms with van der Waals surface area (Å²) in [7, 11) is 1.30. The molecule has 3 nitrogen and oxygen atoms in total. The Labute approximate surface area is 52.9 Å². The van der Waals surface area contributed by atoms with E-state index in [2.05, 4.69) is 4.74 Å². The molecule has 1 N–H and O–H groups in total.